The van der Waals surface area contributed by atoms with Gasteiger partial charge in [0.15, 0.2) is 23.0 Å². The van der Waals surface area contributed by atoms with Crippen LogP contribution in [0.15, 0.2) is 18.2 Å². The number of carbonyl (C=O) groups is 1. The Morgan fingerprint density at radius 1 is 1.06 bits per heavy atom. The van der Waals surface area contributed by atoms with Crippen molar-refractivity contribution in [1.82, 2.24) is 4.90 Å². The molecule has 2 aromatic carbocycles. The van der Waals surface area contributed by atoms with Crippen LogP contribution in [0.1, 0.15) is 39.2 Å². The molecule has 3 heterocycles. The summed E-state index contributed by atoms with van der Waals surface area (Å²) in [5.74, 6) is 2.36. The Morgan fingerprint density at radius 2 is 1.84 bits per heavy atom. The van der Waals surface area contributed by atoms with Crippen molar-refractivity contribution >= 4 is 5.97 Å². The Bertz CT molecular complexity index is 1040. The molecule has 166 valence electrons. The maximum absolute atomic E-state index is 12.9. The Balaban J connectivity index is 0.00000231. The molecule has 5 rings (SSSR count). The summed E-state index contributed by atoms with van der Waals surface area (Å²) in [6.45, 7) is 0.963. The van der Waals surface area contributed by atoms with Gasteiger partial charge in [-0.2, -0.15) is 0 Å². The predicted molar refractivity (Wildman–Crippen MR) is 106 cm³/mol. The van der Waals surface area contributed by atoms with Gasteiger partial charge in [0.1, 0.15) is 11.7 Å². The van der Waals surface area contributed by atoms with Crippen molar-refractivity contribution in [3.05, 3.63) is 40.5 Å². The van der Waals surface area contributed by atoms with E-state index in [0.29, 0.717) is 34.3 Å². The maximum Gasteiger partial charge on any atom is 0.343 e. The van der Waals surface area contributed by atoms with Crippen molar-refractivity contribution in [2.45, 2.75) is 18.6 Å². The molecule has 2 atom stereocenters. The third-order valence-electron chi connectivity index (χ3n) is 6.06. The van der Waals surface area contributed by atoms with Crippen LogP contribution in [0.5, 0.6) is 28.7 Å². The molecule has 0 fully saturated rings. The van der Waals surface area contributed by atoms with E-state index in [0.717, 1.165) is 29.7 Å². The maximum atomic E-state index is 12.9. The lowest BCUT2D eigenvalue weighted by atomic mass is 9.85. The summed E-state index contributed by atoms with van der Waals surface area (Å²) in [6, 6.07) is 5.43. The molecule has 2 aromatic rings. The minimum atomic E-state index is -0.523. The van der Waals surface area contributed by atoms with Gasteiger partial charge in [-0.25, -0.2) is 4.79 Å². The minimum absolute atomic E-state index is 0. The molecular weight excluding hydrogens is 426 g/mol. The van der Waals surface area contributed by atoms with Crippen molar-refractivity contribution in [3.8, 4) is 28.7 Å². The van der Waals surface area contributed by atoms with Crippen LogP contribution in [0.4, 0.5) is 0 Å². The van der Waals surface area contributed by atoms with E-state index in [2.05, 4.69) is 4.90 Å². The van der Waals surface area contributed by atoms with Crippen LogP contribution in [-0.4, -0.2) is 52.6 Å². The monoisotopic (exact) mass is 448 g/mol. The highest BCUT2D eigenvalue weighted by atomic mass is 35.5. The summed E-state index contributed by atoms with van der Waals surface area (Å²) in [6.07, 6.45) is 0.306. The van der Waals surface area contributed by atoms with E-state index in [9.17, 15) is 4.79 Å². The molecule has 0 saturated heterocycles. The highest BCUT2D eigenvalue weighted by Crippen LogP contribution is 2.55. The first kappa shape index (κ1) is 21.4. The van der Waals surface area contributed by atoms with Gasteiger partial charge in [0, 0.05) is 17.7 Å². The number of benzene rings is 2. The average Bonchev–Trinajstić information content (AvgIpc) is 3.35. The molecule has 9 heteroatoms. The fourth-order valence-corrected chi connectivity index (χ4v) is 4.71. The number of hydrogen-bond donors (Lipinski definition) is 0. The fourth-order valence-electron chi connectivity index (χ4n) is 4.71. The molecule has 0 saturated carbocycles. The van der Waals surface area contributed by atoms with E-state index in [1.54, 1.807) is 20.3 Å². The summed E-state index contributed by atoms with van der Waals surface area (Å²) in [5, 5.41) is 0. The van der Waals surface area contributed by atoms with Gasteiger partial charge in [0.05, 0.1) is 27.4 Å². The van der Waals surface area contributed by atoms with Gasteiger partial charge >= 0.3 is 5.97 Å². The van der Waals surface area contributed by atoms with Crippen LogP contribution in [-0.2, 0) is 11.2 Å². The van der Waals surface area contributed by atoms with E-state index < -0.39 is 12.1 Å². The number of halogens is 1. The number of esters is 1. The van der Waals surface area contributed by atoms with Crippen LogP contribution >= 0.6 is 0 Å². The van der Waals surface area contributed by atoms with Gasteiger partial charge in [-0.1, -0.05) is 6.07 Å². The lowest BCUT2D eigenvalue weighted by Crippen LogP contribution is -3.00. The number of nitrogens with zero attached hydrogens (tertiary/aromatic N) is 1. The number of methoxy groups -OCH3 is 3. The van der Waals surface area contributed by atoms with Crippen molar-refractivity contribution < 1.29 is 45.6 Å². The SMILES string of the molecule is COc1ccc2c(c1OC)C(=O)O[C@@H]2[C@H]1c2c(cc3c(c2OC)OCO3)CCN1C.[Cl-]. The molecule has 0 aliphatic carbocycles. The van der Waals surface area contributed by atoms with Crippen molar-refractivity contribution in [2.24, 2.45) is 0 Å². The Labute approximate surface area is 186 Å². The molecule has 0 amide bonds. The van der Waals surface area contributed by atoms with E-state index >= 15 is 0 Å². The molecule has 3 aliphatic heterocycles. The zero-order valence-electron chi connectivity index (χ0n) is 17.7. The smallest absolute Gasteiger partial charge is 0.343 e. The van der Waals surface area contributed by atoms with Crippen LogP contribution in [0, 0.1) is 0 Å². The van der Waals surface area contributed by atoms with E-state index in [1.165, 1.54) is 7.11 Å². The molecule has 8 nitrogen and oxygen atoms in total. The summed E-state index contributed by atoms with van der Waals surface area (Å²) < 4.78 is 33.8. The van der Waals surface area contributed by atoms with E-state index in [4.69, 9.17) is 28.4 Å². The molecular formula is C22H23ClNO7-. The summed E-state index contributed by atoms with van der Waals surface area (Å²) in [5.41, 5.74) is 3.23. The Morgan fingerprint density at radius 3 is 2.55 bits per heavy atom. The lowest BCUT2D eigenvalue weighted by Gasteiger charge is -2.38. The molecule has 0 spiro atoms. The zero-order chi connectivity index (χ0) is 21.0. The highest BCUT2D eigenvalue weighted by Gasteiger charge is 2.46. The molecule has 0 N–H and O–H groups in total. The van der Waals surface area contributed by atoms with Gasteiger partial charge in [0.25, 0.3) is 0 Å². The van der Waals surface area contributed by atoms with Gasteiger partial charge in [-0.15, -0.1) is 0 Å². The largest absolute Gasteiger partial charge is 1.00 e. The van der Waals surface area contributed by atoms with E-state index in [1.807, 2.05) is 19.2 Å². The minimum Gasteiger partial charge on any atom is -1.00 e. The number of cyclic esters (lactones) is 1. The van der Waals surface area contributed by atoms with Gasteiger partial charge in [0.2, 0.25) is 12.5 Å². The normalized spacial score (nSPS) is 21.0. The van der Waals surface area contributed by atoms with Crippen LogP contribution in [0.3, 0.4) is 0 Å². The summed E-state index contributed by atoms with van der Waals surface area (Å²) in [7, 11) is 6.70. The molecule has 0 aromatic heterocycles. The number of rotatable bonds is 4. The van der Waals surface area contributed by atoms with Gasteiger partial charge in [-0.05, 0) is 31.2 Å². The number of carbonyl (C=O) groups excluding carboxylic acids is 1. The number of likely N-dealkylation sites (N-methyl/N-ethyl adjacent to an activating group) is 1. The Kier molecular flexibility index (Phi) is 5.53. The molecule has 0 radical (unpaired) electrons. The standard InChI is InChI=1S/C22H23NO7.ClH/c1-23-8-7-11-9-14-20(29-10-28-14)21(27-4)15(11)17(23)18-12-5-6-13(25-2)19(26-3)16(12)22(24)30-18;/h5-6,9,17-18H,7-8,10H2,1-4H3;1H/p-1/t17-,18+;/m1./s1. The molecule has 31 heavy (non-hydrogen) atoms. The van der Waals surface area contributed by atoms with E-state index in [-0.39, 0.29) is 25.2 Å². The van der Waals surface area contributed by atoms with Crippen LogP contribution in [0.2, 0.25) is 0 Å². The summed E-state index contributed by atoms with van der Waals surface area (Å²) in [4.78, 5) is 15.1. The predicted octanol–water partition coefficient (Wildman–Crippen LogP) is -0.114. The molecule has 3 aliphatic rings. The summed E-state index contributed by atoms with van der Waals surface area (Å²) >= 11 is 0. The third-order valence-corrected chi connectivity index (χ3v) is 6.06. The topological polar surface area (TPSA) is 75.7 Å². The second-order valence-electron chi connectivity index (χ2n) is 7.48. The van der Waals surface area contributed by atoms with Crippen molar-refractivity contribution in [2.75, 3.05) is 41.7 Å². The Hall–Kier alpha value is -2.84. The fraction of sp³-hybridized carbons (Fsp3) is 0.409. The quantitative estimate of drug-likeness (QED) is 0.600. The number of hydrogen-bond acceptors (Lipinski definition) is 8. The van der Waals surface area contributed by atoms with Gasteiger partial charge < -0.3 is 40.8 Å². The van der Waals surface area contributed by atoms with Crippen LogP contribution in [0.25, 0.3) is 0 Å². The average molecular weight is 449 g/mol. The molecule has 0 bridgehead atoms. The lowest BCUT2D eigenvalue weighted by molar-refractivity contribution is -0.0000857. The highest BCUT2D eigenvalue weighted by molar-refractivity contribution is 5.98. The molecule has 0 unspecified atom stereocenters. The first-order chi connectivity index (χ1) is 14.6. The van der Waals surface area contributed by atoms with Crippen molar-refractivity contribution in [1.29, 1.82) is 0 Å². The first-order valence-corrected chi connectivity index (χ1v) is 9.74. The number of ether oxygens (including phenoxy) is 6. The second kappa shape index (κ2) is 8.01. The van der Waals surface area contributed by atoms with Gasteiger partial charge in [-0.3, -0.25) is 4.90 Å². The zero-order valence-corrected chi connectivity index (χ0v) is 18.4. The second-order valence-corrected chi connectivity index (χ2v) is 7.48. The first-order valence-electron chi connectivity index (χ1n) is 9.74. The number of fused-ring (bicyclic) bond motifs is 3. The van der Waals surface area contributed by atoms with Crippen LogP contribution < -0.4 is 36.1 Å². The third kappa shape index (κ3) is 3.04. The van der Waals surface area contributed by atoms with Crippen molar-refractivity contribution in [3.63, 3.8) is 0 Å².